The molecule has 1 heterocycles. The summed E-state index contributed by atoms with van der Waals surface area (Å²) in [5, 5.41) is 5.11. The lowest BCUT2D eigenvalue weighted by Crippen LogP contribution is -2.20. The number of hydrogen-bond donors (Lipinski definition) is 2. The van der Waals surface area contributed by atoms with E-state index in [1.807, 2.05) is 37.3 Å². The Kier molecular flexibility index (Phi) is 4.19. The van der Waals surface area contributed by atoms with Gasteiger partial charge in [-0.3, -0.25) is 0 Å². The Labute approximate surface area is 85.3 Å². The molecule has 0 atom stereocenters. The number of nitrogens with one attached hydrogen (secondary N) is 2. The first-order valence-corrected chi connectivity index (χ1v) is 4.87. The van der Waals surface area contributed by atoms with E-state index in [1.165, 1.54) is 0 Å². The minimum Gasteiger partial charge on any atom is -0.370 e. The summed E-state index contributed by atoms with van der Waals surface area (Å²) in [5.41, 5.74) is 3.10. The lowest BCUT2D eigenvalue weighted by Gasteiger charge is -2.13. The molecule has 0 saturated heterocycles. The van der Waals surface area contributed by atoms with Gasteiger partial charge in [-0.15, -0.1) is 0 Å². The first-order chi connectivity index (χ1) is 6.72. The summed E-state index contributed by atoms with van der Waals surface area (Å²) < 4.78 is 0. The smallest absolute Gasteiger partial charge is 0.142 e. The van der Waals surface area contributed by atoms with Crippen LogP contribution in [0.2, 0.25) is 0 Å². The van der Waals surface area contributed by atoms with Gasteiger partial charge in [-0.05, 0) is 18.6 Å². The van der Waals surface area contributed by atoms with E-state index in [4.69, 9.17) is 0 Å². The first kappa shape index (κ1) is 10.8. The lowest BCUT2D eigenvalue weighted by atomic mass is 10.4. The standard InChI is InChI=1S/C10H18N4/c1-4-8-11-9-6-5-7-10(12-9)13-14(2)3/h5-7H,4,8H2,1-3H3,(H2,11,12,13). The Hall–Kier alpha value is -1.29. The highest BCUT2D eigenvalue weighted by Crippen LogP contribution is 2.08. The average molecular weight is 194 g/mol. The van der Waals surface area contributed by atoms with Crippen LogP contribution in [0.1, 0.15) is 13.3 Å². The summed E-state index contributed by atoms with van der Waals surface area (Å²) in [6.07, 6.45) is 1.10. The third-order valence-corrected chi connectivity index (χ3v) is 1.64. The number of hydrazine groups is 1. The minimum absolute atomic E-state index is 0.858. The molecule has 1 aromatic rings. The van der Waals surface area contributed by atoms with Crippen molar-refractivity contribution in [1.29, 1.82) is 0 Å². The topological polar surface area (TPSA) is 40.2 Å². The number of pyridine rings is 1. The maximum atomic E-state index is 4.39. The average Bonchev–Trinajstić information content (AvgIpc) is 2.14. The summed E-state index contributed by atoms with van der Waals surface area (Å²) in [5.74, 6) is 1.77. The second-order valence-corrected chi connectivity index (χ2v) is 3.34. The molecule has 0 aromatic carbocycles. The molecule has 0 bridgehead atoms. The highest BCUT2D eigenvalue weighted by Gasteiger charge is 1.96. The third kappa shape index (κ3) is 3.62. The SMILES string of the molecule is CCCNc1cccc(NN(C)C)n1. The summed E-state index contributed by atoms with van der Waals surface area (Å²) in [6.45, 7) is 3.09. The zero-order valence-electron chi connectivity index (χ0n) is 9.04. The van der Waals surface area contributed by atoms with Gasteiger partial charge in [0.2, 0.25) is 0 Å². The Morgan fingerprint density at radius 2 is 2.00 bits per heavy atom. The third-order valence-electron chi connectivity index (χ3n) is 1.64. The molecule has 0 fully saturated rings. The highest BCUT2D eigenvalue weighted by molar-refractivity contribution is 5.44. The zero-order valence-corrected chi connectivity index (χ0v) is 9.04. The monoisotopic (exact) mass is 194 g/mol. The molecule has 0 unspecified atom stereocenters. The molecule has 0 amide bonds. The minimum atomic E-state index is 0.858. The maximum absolute atomic E-state index is 4.39. The van der Waals surface area contributed by atoms with Crippen molar-refractivity contribution in [3.05, 3.63) is 18.2 Å². The molecule has 78 valence electrons. The van der Waals surface area contributed by atoms with E-state index in [0.717, 1.165) is 24.6 Å². The van der Waals surface area contributed by atoms with E-state index in [1.54, 1.807) is 0 Å². The number of anilines is 2. The molecule has 1 rings (SSSR count). The Balaban J connectivity index is 2.59. The number of hydrogen-bond acceptors (Lipinski definition) is 4. The van der Waals surface area contributed by atoms with Crippen LogP contribution in [0.25, 0.3) is 0 Å². The fourth-order valence-corrected chi connectivity index (χ4v) is 1.08. The Bertz CT molecular complexity index is 273. The molecular weight excluding hydrogens is 176 g/mol. The van der Waals surface area contributed by atoms with Crippen LogP contribution in [-0.2, 0) is 0 Å². The molecule has 14 heavy (non-hydrogen) atoms. The van der Waals surface area contributed by atoms with Crippen LogP contribution in [0.15, 0.2) is 18.2 Å². The molecule has 0 aliphatic rings. The van der Waals surface area contributed by atoms with Crippen molar-refractivity contribution in [3.63, 3.8) is 0 Å². The van der Waals surface area contributed by atoms with Crippen LogP contribution in [0.3, 0.4) is 0 Å². The number of nitrogens with zero attached hydrogens (tertiary/aromatic N) is 2. The van der Waals surface area contributed by atoms with Gasteiger partial charge in [0.05, 0.1) is 0 Å². The van der Waals surface area contributed by atoms with Crippen LogP contribution in [0.4, 0.5) is 11.6 Å². The van der Waals surface area contributed by atoms with E-state index >= 15 is 0 Å². The van der Waals surface area contributed by atoms with Gasteiger partial charge in [0.15, 0.2) is 0 Å². The summed E-state index contributed by atoms with van der Waals surface area (Å²) >= 11 is 0. The normalized spacial score (nSPS) is 10.3. The van der Waals surface area contributed by atoms with Crippen LogP contribution >= 0.6 is 0 Å². The van der Waals surface area contributed by atoms with Crippen molar-refractivity contribution >= 4 is 11.6 Å². The molecule has 2 N–H and O–H groups in total. The van der Waals surface area contributed by atoms with Gasteiger partial charge in [0.1, 0.15) is 11.6 Å². The van der Waals surface area contributed by atoms with Gasteiger partial charge in [-0.2, -0.15) is 0 Å². The van der Waals surface area contributed by atoms with Gasteiger partial charge < -0.3 is 10.7 Å². The largest absolute Gasteiger partial charge is 0.370 e. The Morgan fingerprint density at radius 1 is 1.29 bits per heavy atom. The highest BCUT2D eigenvalue weighted by atomic mass is 15.5. The molecule has 1 aromatic heterocycles. The number of rotatable bonds is 5. The molecule has 0 aliphatic carbocycles. The van der Waals surface area contributed by atoms with Crippen molar-refractivity contribution in [3.8, 4) is 0 Å². The zero-order chi connectivity index (χ0) is 10.4. The maximum Gasteiger partial charge on any atom is 0.142 e. The van der Waals surface area contributed by atoms with E-state index < -0.39 is 0 Å². The molecule has 0 aliphatic heterocycles. The molecule has 0 spiro atoms. The predicted octanol–water partition coefficient (Wildman–Crippen LogP) is 1.79. The fourth-order valence-electron chi connectivity index (χ4n) is 1.08. The summed E-state index contributed by atoms with van der Waals surface area (Å²) in [4.78, 5) is 4.39. The summed E-state index contributed by atoms with van der Waals surface area (Å²) in [6, 6.07) is 5.89. The Morgan fingerprint density at radius 3 is 2.64 bits per heavy atom. The second kappa shape index (κ2) is 5.44. The predicted molar refractivity (Wildman–Crippen MR) is 60.3 cm³/mol. The lowest BCUT2D eigenvalue weighted by molar-refractivity contribution is 0.492. The van der Waals surface area contributed by atoms with Gasteiger partial charge >= 0.3 is 0 Å². The fraction of sp³-hybridized carbons (Fsp3) is 0.500. The van der Waals surface area contributed by atoms with Gasteiger partial charge in [-0.1, -0.05) is 13.0 Å². The van der Waals surface area contributed by atoms with E-state index in [0.29, 0.717) is 0 Å². The molecule has 4 heteroatoms. The first-order valence-electron chi connectivity index (χ1n) is 4.87. The van der Waals surface area contributed by atoms with E-state index in [-0.39, 0.29) is 0 Å². The van der Waals surface area contributed by atoms with Crippen LogP contribution < -0.4 is 10.7 Å². The quantitative estimate of drug-likeness (QED) is 0.701. The van der Waals surface area contributed by atoms with Crippen LogP contribution in [-0.4, -0.2) is 30.6 Å². The number of aromatic nitrogens is 1. The van der Waals surface area contributed by atoms with Crippen LogP contribution in [0, 0.1) is 0 Å². The van der Waals surface area contributed by atoms with Crippen molar-refractivity contribution in [2.45, 2.75) is 13.3 Å². The van der Waals surface area contributed by atoms with Crippen LogP contribution in [0.5, 0.6) is 0 Å². The van der Waals surface area contributed by atoms with Crippen molar-refractivity contribution in [2.75, 3.05) is 31.4 Å². The van der Waals surface area contributed by atoms with Gasteiger partial charge in [0.25, 0.3) is 0 Å². The van der Waals surface area contributed by atoms with Crippen molar-refractivity contribution in [1.82, 2.24) is 9.99 Å². The summed E-state index contributed by atoms with van der Waals surface area (Å²) in [7, 11) is 3.88. The molecule has 0 radical (unpaired) electrons. The molecule has 4 nitrogen and oxygen atoms in total. The molecular formula is C10H18N4. The van der Waals surface area contributed by atoms with E-state index in [9.17, 15) is 0 Å². The second-order valence-electron chi connectivity index (χ2n) is 3.34. The molecule has 0 saturated carbocycles. The van der Waals surface area contributed by atoms with E-state index in [2.05, 4.69) is 22.7 Å². The van der Waals surface area contributed by atoms with Gasteiger partial charge in [0, 0.05) is 20.6 Å². The van der Waals surface area contributed by atoms with Crippen molar-refractivity contribution < 1.29 is 0 Å². The van der Waals surface area contributed by atoms with Gasteiger partial charge in [-0.25, -0.2) is 9.99 Å². The van der Waals surface area contributed by atoms with Crippen molar-refractivity contribution in [2.24, 2.45) is 0 Å².